The van der Waals surface area contributed by atoms with Gasteiger partial charge in [-0.1, -0.05) is 48.0 Å². The molecule has 0 fully saturated rings. The standard InChI is InChI=1S/C17H34N2O3.C6H13NO/c1-7-8-11-19-15(21)16(3,4)10-13-22-17(5,6)9-12-18-14(2)20;1-6(2,3)5(8)4-7/h7-13H2,1-6H3,(H,18,20)(H,19,21);4,7H2,1-3H3. The van der Waals surface area contributed by atoms with Gasteiger partial charge in [0.25, 0.3) is 0 Å². The van der Waals surface area contributed by atoms with Crippen LogP contribution in [0, 0.1) is 10.8 Å². The fraction of sp³-hybridized carbons (Fsp3) is 0.870. The lowest BCUT2D eigenvalue weighted by Crippen LogP contribution is -2.39. The zero-order chi connectivity index (χ0) is 24.0. The van der Waals surface area contributed by atoms with Crippen molar-refractivity contribution in [3.63, 3.8) is 0 Å². The number of nitrogens with two attached hydrogens (primary N) is 1. The van der Waals surface area contributed by atoms with Crippen molar-refractivity contribution in [3.8, 4) is 0 Å². The second kappa shape index (κ2) is 14.5. The number of Topliss-reactive ketones (excluding diaryl/α,β-unsaturated/α-hetero) is 1. The zero-order valence-electron chi connectivity index (χ0n) is 20.9. The Hall–Kier alpha value is -1.47. The van der Waals surface area contributed by atoms with E-state index in [1.54, 1.807) is 0 Å². The smallest absolute Gasteiger partial charge is 0.225 e. The molecule has 0 radical (unpaired) electrons. The maximum Gasteiger partial charge on any atom is 0.225 e. The van der Waals surface area contributed by atoms with Crippen molar-refractivity contribution < 1.29 is 19.1 Å². The molecule has 0 bridgehead atoms. The normalized spacial score (nSPS) is 11.9. The third kappa shape index (κ3) is 16.3. The van der Waals surface area contributed by atoms with Gasteiger partial charge in [0.2, 0.25) is 11.8 Å². The first-order valence-electron chi connectivity index (χ1n) is 11.0. The molecule has 0 spiro atoms. The van der Waals surface area contributed by atoms with Crippen LogP contribution < -0.4 is 16.4 Å². The van der Waals surface area contributed by atoms with Crippen LogP contribution in [0.2, 0.25) is 0 Å². The summed E-state index contributed by atoms with van der Waals surface area (Å²) in [6.07, 6.45) is 3.50. The maximum absolute atomic E-state index is 12.1. The predicted octanol–water partition coefficient (Wildman–Crippen LogP) is 3.20. The molecule has 0 aliphatic heterocycles. The van der Waals surface area contributed by atoms with Crippen LogP contribution in [0.4, 0.5) is 0 Å². The van der Waals surface area contributed by atoms with Crippen molar-refractivity contribution in [2.45, 2.75) is 93.6 Å². The van der Waals surface area contributed by atoms with Crippen LogP contribution in [0.5, 0.6) is 0 Å². The van der Waals surface area contributed by atoms with Gasteiger partial charge in [0, 0.05) is 37.5 Å². The molecule has 0 heterocycles. The minimum atomic E-state index is -0.429. The Morgan fingerprint density at radius 2 is 1.47 bits per heavy atom. The summed E-state index contributed by atoms with van der Waals surface area (Å²) in [5.74, 6) is 0.166. The molecule has 178 valence electrons. The first-order valence-corrected chi connectivity index (χ1v) is 11.0. The highest BCUT2D eigenvalue weighted by Gasteiger charge is 2.28. The number of hydrogen-bond acceptors (Lipinski definition) is 5. The largest absolute Gasteiger partial charge is 0.375 e. The number of ether oxygens (including phenoxy) is 1. The SMILES string of the molecule is CC(C)(C)C(=O)CN.CCCCNC(=O)C(C)(C)CCOC(C)(C)CCNC(C)=O. The van der Waals surface area contributed by atoms with Crippen LogP contribution in [0.25, 0.3) is 0 Å². The van der Waals surface area contributed by atoms with E-state index in [0.717, 1.165) is 25.8 Å². The van der Waals surface area contributed by atoms with Crippen molar-refractivity contribution in [2.24, 2.45) is 16.6 Å². The number of ketones is 1. The molecule has 7 heteroatoms. The molecule has 0 unspecified atom stereocenters. The van der Waals surface area contributed by atoms with Crippen LogP contribution in [-0.4, -0.2) is 49.4 Å². The summed E-state index contributed by atoms with van der Waals surface area (Å²) >= 11 is 0. The lowest BCUT2D eigenvalue weighted by atomic mass is 9.88. The summed E-state index contributed by atoms with van der Waals surface area (Å²) in [6.45, 7) is 19.1. The lowest BCUT2D eigenvalue weighted by Gasteiger charge is -2.29. The summed E-state index contributed by atoms with van der Waals surface area (Å²) in [6, 6.07) is 0. The van der Waals surface area contributed by atoms with Gasteiger partial charge in [0.15, 0.2) is 5.78 Å². The summed E-state index contributed by atoms with van der Waals surface area (Å²) in [4.78, 5) is 33.7. The number of nitrogens with one attached hydrogen (secondary N) is 2. The van der Waals surface area contributed by atoms with Crippen LogP contribution in [0.3, 0.4) is 0 Å². The molecule has 7 nitrogen and oxygen atoms in total. The molecule has 0 aromatic carbocycles. The van der Waals surface area contributed by atoms with E-state index >= 15 is 0 Å². The van der Waals surface area contributed by atoms with Gasteiger partial charge in [0.1, 0.15) is 0 Å². The molecule has 0 aromatic heterocycles. The second-order valence-electron chi connectivity index (χ2n) is 9.96. The van der Waals surface area contributed by atoms with E-state index in [2.05, 4.69) is 17.6 Å². The molecule has 0 saturated heterocycles. The minimum Gasteiger partial charge on any atom is -0.375 e. The van der Waals surface area contributed by atoms with Crippen LogP contribution in [0.15, 0.2) is 0 Å². The number of carbonyl (C=O) groups is 3. The Bertz CT molecular complexity index is 523. The van der Waals surface area contributed by atoms with E-state index in [1.165, 1.54) is 6.92 Å². The topological polar surface area (TPSA) is 111 Å². The van der Waals surface area contributed by atoms with E-state index in [4.69, 9.17) is 10.5 Å². The quantitative estimate of drug-likeness (QED) is 0.413. The van der Waals surface area contributed by atoms with Crippen molar-refractivity contribution >= 4 is 17.6 Å². The minimum absolute atomic E-state index is 0.0271. The Kier molecular flexibility index (Phi) is 14.9. The third-order valence-corrected chi connectivity index (χ3v) is 4.77. The molecule has 0 aliphatic rings. The van der Waals surface area contributed by atoms with Gasteiger partial charge in [-0.25, -0.2) is 0 Å². The monoisotopic (exact) mass is 429 g/mol. The van der Waals surface area contributed by atoms with Crippen molar-refractivity contribution in [3.05, 3.63) is 0 Å². The molecule has 0 saturated carbocycles. The summed E-state index contributed by atoms with van der Waals surface area (Å²) in [7, 11) is 0. The Labute approximate surface area is 184 Å². The van der Waals surface area contributed by atoms with E-state index < -0.39 is 5.41 Å². The molecule has 0 rings (SSSR count). The van der Waals surface area contributed by atoms with Crippen LogP contribution in [0.1, 0.15) is 88.0 Å². The summed E-state index contributed by atoms with van der Waals surface area (Å²) < 4.78 is 5.89. The number of hydrogen-bond donors (Lipinski definition) is 3. The highest BCUT2D eigenvalue weighted by atomic mass is 16.5. The zero-order valence-corrected chi connectivity index (χ0v) is 20.9. The van der Waals surface area contributed by atoms with Crippen LogP contribution >= 0.6 is 0 Å². The number of amides is 2. The number of rotatable bonds is 12. The summed E-state index contributed by atoms with van der Waals surface area (Å²) in [5.41, 5.74) is 4.12. The lowest BCUT2D eigenvalue weighted by molar-refractivity contribution is -0.131. The molecule has 4 N–H and O–H groups in total. The van der Waals surface area contributed by atoms with Crippen LogP contribution in [-0.2, 0) is 19.1 Å². The predicted molar refractivity (Wildman–Crippen MR) is 123 cm³/mol. The van der Waals surface area contributed by atoms with Gasteiger partial charge < -0.3 is 21.1 Å². The molecule has 0 atom stereocenters. The van der Waals surface area contributed by atoms with E-state index in [-0.39, 0.29) is 35.2 Å². The van der Waals surface area contributed by atoms with E-state index in [0.29, 0.717) is 19.6 Å². The molecular formula is C23H47N3O4. The molecular weight excluding hydrogens is 382 g/mol. The Morgan fingerprint density at radius 3 is 1.87 bits per heavy atom. The van der Waals surface area contributed by atoms with Crippen molar-refractivity contribution in [1.29, 1.82) is 0 Å². The molecule has 30 heavy (non-hydrogen) atoms. The van der Waals surface area contributed by atoms with Crippen molar-refractivity contribution in [1.82, 2.24) is 10.6 Å². The van der Waals surface area contributed by atoms with Gasteiger partial charge >= 0.3 is 0 Å². The fourth-order valence-electron chi connectivity index (χ4n) is 2.23. The van der Waals surface area contributed by atoms with Gasteiger partial charge in [-0.2, -0.15) is 0 Å². The molecule has 2 amide bonds. The summed E-state index contributed by atoms with van der Waals surface area (Å²) in [5, 5.41) is 5.75. The average molecular weight is 430 g/mol. The van der Waals surface area contributed by atoms with Gasteiger partial charge in [-0.15, -0.1) is 0 Å². The molecule has 0 aliphatic carbocycles. The average Bonchev–Trinajstić information content (AvgIpc) is 2.59. The number of unbranched alkanes of at least 4 members (excludes halogenated alkanes) is 1. The highest BCUT2D eigenvalue weighted by molar-refractivity contribution is 5.85. The van der Waals surface area contributed by atoms with Gasteiger partial charge in [-0.05, 0) is 33.1 Å². The Balaban J connectivity index is 0. The first-order chi connectivity index (χ1) is 13.6. The fourth-order valence-corrected chi connectivity index (χ4v) is 2.23. The van der Waals surface area contributed by atoms with Crippen molar-refractivity contribution in [2.75, 3.05) is 26.2 Å². The van der Waals surface area contributed by atoms with Gasteiger partial charge in [-0.3, -0.25) is 14.4 Å². The van der Waals surface area contributed by atoms with E-state index in [9.17, 15) is 14.4 Å². The van der Waals surface area contributed by atoms with Gasteiger partial charge in [0.05, 0.1) is 12.1 Å². The molecule has 0 aromatic rings. The van der Waals surface area contributed by atoms with E-state index in [1.807, 2.05) is 48.5 Å². The second-order valence-corrected chi connectivity index (χ2v) is 9.96. The third-order valence-electron chi connectivity index (χ3n) is 4.77. The first kappa shape index (κ1) is 30.7. The maximum atomic E-state index is 12.1. The Morgan fingerprint density at radius 1 is 0.900 bits per heavy atom. The number of carbonyl (C=O) groups excluding carboxylic acids is 3. The highest BCUT2D eigenvalue weighted by Crippen LogP contribution is 2.23.